The normalized spacial score (nSPS) is 17.2. The number of hydrogen-bond donors (Lipinski definition) is 1. The lowest BCUT2D eigenvalue weighted by atomic mass is 10.1. The number of sulfonamides is 1. The lowest BCUT2D eigenvalue weighted by molar-refractivity contribution is 0.346. The SMILES string of the molecule is CCNCCc1ccc(S(=O)(=O)N2CCCCC2)cc1. The van der Waals surface area contributed by atoms with Crippen molar-refractivity contribution in [3.05, 3.63) is 29.8 Å². The van der Waals surface area contributed by atoms with Crippen molar-refractivity contribution in [3.8, 4) is 0 Å². The maximum absolute atomic E-state index is 12.5. The average Bonchev–Trinajstić information content (AvgIpc) is 2.49. The van der Waals surface area contributed by atoms with Gasteiger partial charge in [-0.1, -0.05) is 25.5 Å². The molecule has 0 aromatic heterocycles. The van der Waals surface area contributed by atoms with Crippen LogP contribution in [0.4, 0.5) is 0 Å². The Kier molecular flexibility index (Phi) is 5.57. The van der Waals surface area contributed by atoms with Gasteiger partial charge in [-0.25, -0.2) is 8.42 Å². The van der Waals surface area contributed by atoms with Gasteiger partial charge in [-0.15, -0.1) is 0 Å². The Bertz CT molecular complexity index is 505. The lowest BCUT2D eigenvalue weighted by Crippen LogP contribution is -2.35. The van der Waals surface area contributed by atoms with Gasteiger partial charge < -0.3 is 5.32 Å². The number of benzene rings is 1. The highest BCUT2D eigenvalue weighted by Crippen LogP contribution is 2.20. The summed E-state index contributed by atoms with van der Waals surface area (Å²) in [5, 5.41) is 3.27. The minimum absolute atomic E-state index is 0.423. The highest BCUT2D eigenvalue weighted by molar-refractivity contribution is 7.89. The van der Waals surface area contributed by atoms with Crippen molar-refractivity contribution >= 4 is 10.0 Å². The molecule has 1 aliphatic heterocycles. The van der Waals surface area contributed by atoms with Crippen molar-refractivity contribution < 1.29 is 8.42 Å². The first-order chi connectivity index (χ1) is 9.64. The molecule has 1 aromatic rings. The van der Waals surface area contributed by atoms with E-state index < -0.39 is 10.0 Å². The zero-order valence-electron chi connectivity index (χ0n) is 12.1. The van der Waals surface area contributed by atoms with Crippen LogP contribution in [-0.2, 0) is 16.4 Å². The molecule has 0 spiro atoms. The van der Waals surface area contributed by atoms with Crippen LogP contribution in [-0.4, -0.2) is 38.9 Å². The van der Waals surface area contributed by atoms with Gasteiger partial charge in [-0.2, -0.15) is 4.31 Å². The van der Waals surface area contributed by atoms with Crippen molar-refractivity contribution in [2.45, 2.75) is 37.5 Å². The van der Waals surface area contributed by atoms with E-state index in [0.29, 0.717) is 18.0 Å². The molecular formula is C15H24N2O2S. The molecule has 4 nitrogen and oxygen atoms in total. The fourth-order valence-corrected chi connectivity index (χ4v) is 4.01. The molecule has 0 radical (unpaired) electrons. The second-order valence-corrected chi connectivity index (χ2v) is 7.15. The van der Waals surface area contributed by atoms with Gasteiger partial charge in [-0.05, 0) is 50.0 Å². The molecule has 112 valence electrons. The maximum Gasteiger partial charge on any atom is 0.243 e. The third-order valence-electron chi connectivity index (χ3n) is 3.72. The molecule has 0 atom stereocenters. The Morgan fingerprint density at radius 2 is 1.75 bits per heavy atom. The summed E-state index contributed by atoms with van der Waals surface area (Å²) in [5.74, 6) is 0. The summed E-state index contributed by atoms with van der Waals surface area (Å²) in [6, 6.07) is 7.33. The zero-order chi connectivity index (χ0) is 14.4. The Hall–Kier alpha value is -0.910. The van der Waals surface area contributed by atoms with E-state index in [1.807, 2.05) is 12.1 Å². The van der Waals surface area contributed by atoms with Crippen LogP contribution in [0, 0.1) is 0 Å². The van der Waals surface area contributed by atoms with Crippen LogP contribution in [0.3, 0.4) is 0 Å². The third-order valence-corrected chi connectivity index (χ3v) is 5.63. The Morgan fingerprint density at radius 3 is 2.35 bits per heavy atom. The van der Waals surface area contributed by atoms with Gasteiger partial charge in [0.2, 0.25) is 10.0 Å². The molecule has 20 heavy (non-hydrogen) atoms. The quantitative estimate of drug-likeness (QED) is 0.817. The van der Waals surface area contributed by atoms with Crippen LogP contribution in [0.5, 0.6) is 0 Å². The van der Waals surface area contributed by atoms with Gasteiger partial charge in [0, 0.05) is 13.1 Å². The van der Waals surface area contributed by atoms with E-state index >= 15 is 0 Å². The smallest absolute Gasteiger partial charge is 0.243 e. The van der Waals surface area contributed by atoms with Crippen LogP contribution in [0.1, 0.15) is 31.7 Å². The summed E-state index contributed by atoms with van der Waals surface area (Å²) in [6.07, 6.45) is 4.01. The number of piperidine rings is 1. The summed E-state index contributed by atoms with van der Waals surface area (Å²) in [7, 11) is -3.29. The van der Waals surface area contributed by atoms with Gasteiger partial charge >= 0.3 is 0 Å². The summed E-state index contributed by atoms with van der Waals surface area (Å²) >= 11 is 0. The van der Waals surface area contributed by atoms with Gasteiger partial charge in [0.05, 0.1) is 4.90 Å². The van der Waals surface area contributed by atoms with E-state index in [2.05, 4.69) is 12.2 Å². The fraction of sp³-hybridized carbons (Fsp3) is 0.600. The number of rotatable bonds is 6. The van der Waals surface area contributed by atoms with Gasteiger partial charge in [0.1, 0.15) is 0 Å². The van der Waals surface area contributed by atoms with Crippen molar-refractivity contribution in [1.82, 2.24) is 9.62 Å². The van der Waals surface area contributed by atoms with Crippen molar-refractivity contribution in [2.75, 3.05) is 26.2 Å². The largest absolute Gasteiger partial charge is 0.317 e. The molecule has 0 unspecified atom stereocenters. The van der Waals surface area contributed by atoms with Gasteiger partial charge in [-0.3, -0.25) is 0 Å². The summed E-state index contributed by atoms with van der Waals surface area (Å²) < 4.78 is 26.6. The van der Waals surface area contributed by atoms with E-state index in [-0.39, 0.29) is 0 Å². The van der Waals surface area contributed by atoms with Crippen LogP contribution >= 0.6 is 0 Å². The molecule has 0 saturated carbocycles. The zero-order valence-corrected chi connectivity index (χ0v) is 13.0. The number of nitrogens with one attached hydrogen (secondary N) is 1. The van der Waals surface area contributed by atoms with Crippen molar-refractivity contribution in [3.63, 3.8) is 0 Å². The van der Waals surface area contributed by atoms with E-state index in [1.165, 1.54) is 5.56 Å². The summed E-state index contributed by atoms with van der Waals surface area (Å²) in [4.78, 5) is 0.423. The Balaban J connectivity index is 2.04. The molecule has 1 aliphatic rings. The van der Waals surface area contributed by atoms with Crippen LogP contribution in [0.25, 0.3) is 0 Å². The van der Waals surface area contributed by atoms with E-state index in [1.54, 1.807) is 16.4 Å². The molecule has 1 heterocycles. The second kappa shape index (κ2) is 7.20. The highest BCUT2D eigenvalue weighted by atomic mass is 32.2. The molecular weight excluding hydrogens is 272 g/mol. The van der Waals surface area contributed by atoms with Gasteiger partial charge in [0.25, 0.3) is 0 Å². The Labute approximate surface area is 122 Å². The minimum atomic E-state index is -3.29. The van der Waals surface area contributed by atoms with Crippen molar-refractivity contribution in [1.29, 1.82) is 0 Å². The Morgan fingerprint density at radius 1 is 1.10 bits per heavy atom. The second-order valence-electron chi connectivity index (χ2n) is 5.21. The molecule has 0 amide bonds. The molecule has 2 rings (SSSR count). The number of likely N-dealkylation sites (N-methyl/N-ethyl adjacent to an activating group) is 1. The molecule has 1 saturated heterocycles. The first kappa shape index (κ1) is 15.5. The number of nitrogens with zero attached hydrogens (tertiary/aromatic N) is 1. The highest BCUT2D eigenvalue weighted by Gasteiger charge is 2.25. The first-order valence-corrected chi connectivity index (χ1v) is 8.88. The molecule has 5 heteroatoms. The van der Waals surface area contributed by atoms with E-state index in [0.717, 1.165) is 38.8 Å². The lowest BCUT2D eigenvalue weighted by Gasteiger charge is -2.25. The van der Waals surface area contributed by atoms with Crippen LogP contribution < -0.4 is 5.32 Å². The first-order valence-electron chi connectivity index (χ1n) is 7.44. The third kappa shape index (κ3) is 3.81. The predicted molar refractivity (Wildman–Crippen MR) is 81.3 cm³/mol. The summed E-state index contributed by atoms with van der Waals surface area (Å²) in [6.45, 7) is 5.28. The van der Waals surface area contributed by atoms with Crippen LogP contribution in [0.15, 0.2) is 29.2 Å². The minimum Gasteiger partial charge on any atom is -0.317 e. The monoisotopic (exact) mass is 296 g/mol. The molecule has 0 aliphatic carbocycles. The fourth-order valence-electron chi connectivity index (χ4n) is 2.49. The molecule has 1 N–H and O–H groups in total. The molecule has 0 bridgehead atoms. The topological polar surface area (TPSA) is 49.4 Å². The summed E-state index contributed by atoms with van der Waals surface area (Å²) in [5.41, 5.74) is 1.17. The van der Waals surface area contributed by atoms with Crippen LogP contribution in [0.2, 0.25) is 0 Å². The number of hydrogen-bond acceptors (Lipinski definition) is 3. The van der Waals surface area contributed by atoms with Crippen molar-refractivity contribution in [2.24, 2.45) is 0 Å². The average molecular weight is 296 g/mol. The van der Waals surface area contributed by atoms with Gasteiger partial charge in [0.15, 0.2) is 0 Å². The molecule has 1 aromatic carbocycles. The maximum atomic E-state index is 12.5. The van der Waals surface area contributed by atoms with E-state index in [4.69, 9.17) is 0 Å². The predicted octanol–water partition coefficient (Wildman–Crippen LogP) is 2.01. The molecule has 1 fully saturated rings. The standard InChI is InChI=1S/C15H24N2O2S/c1-2-16-11-10-14-6-8-15(9-7-14)20(18,19)17-12-4-3-5-13-17/h6-9,16H,2-5,10-13H2,1H3. The van der Waals surface area contributed by atoms with E-state index in [9.17, 15) is 8.42 Å².